The normalized spacial score (nSPS) is 17.7. The van der Waals surface area contributed by atoms with Crippen LogP contribution in [0.25, 0.3) is 11.4 Å². The van der Waals surface area contributed by atoms with Crippen molar-refractivity contribution in [2.45, 2.75) is 58.1 Å². The smallest absolute Gasteiger partial charge is 0.241 e. The number of piperidine rings is 1. The van der Waals surface area contributed by atoms with E-state index in [9.17, 15) is 4.79 Å². The molecule has 2 aliphatic rings. The first-order valence-electron chi connectivity index (χ1n) is 12.3. The van der Waals surface area contributed by atoms with Gasteiger partial charge in [-0.2, -0.15) is 4.98 Å². The lowest BCUT2D eigenvalue weighted by Crippen LogP contribution is -2.37. The number of nitrogens with one attached hydrogen (secondary N) is 1. The fraction of sp³-hybridized carbons (Fsp3) is 0.444. The van der Waals surface area contributed by atoms with Crippen LogP contribution < -0.4 is 10.1 Å². The van der Waals surface area contributed by atoms with Crippen LogP contribution in [0.1, 0.15) is 50.0 Å². The van der Waals surface area contributed by atoms with Crippen LogP contribution in [0.2, 0.25) is 0 Å². The molecule has 5 rings (SSSR count). The zero-order chi connectivity index (χ0) is 23.3. The Labute approximate surface area is 200 Å². The van der Waals surface area contributed by atoms with Crippen molar-refractivity contribution in [1.29, 1.82) is 0 Å². The van der Waals surface area contributed by atoms with Crippen molar-refractivity contribution in [3.63, 3.8) is 0 Å². The second kappa shape index (κ2) is 10.4. The van der Waals surface area contributed by atoms with Gasteiger partial charge in [0.1, 0.15) is 5.75 Å². The standard InChI is InChI=1S/C27H32N4O3/c1-19-6-2-5-9-24(19)26-29-25(34-30-26)18-31-16-14-20(15-17-31)27(32)28-21-10-12-23(13-11-21)33-22-7-3-4-8-22/h2,5-6,9-13,20,22H,3-4,7-8,14-18H2,1H3,(H,28,32). The molecule has 1 aliphatic heterocycles. The molecule has 0 atom stereocenters. The van der Waals surface area contributed by atoms with Crippen molar-refractivity contribution in [3.05, 3.63) is 60.0 Å². The van der Waals surface area contributed by atoms with Crippen LogP contribution in [-0.4, -0.2) is 40.1 Å². The summed E-state index contributed by atoms with van der Waals surface area (Å²) in [4.78, 5) is 19.6. The Hall–Kier alpha value is -3.19. The predicted octanol–water partition coefficient (Wildman–Crippen LogP) is 5.22. The fourth-order valence-corrected chi connectivity index (χ4v) is 4.86. The van der Waals surface area contributed by atoms with E-state index in [1.165, 1.54) is 12.8 Å². The fourth-order valence-electron chi connectivity index (χ4n) is 4.86. The van der Waals surface area contributed by atoms with Crippen LogP contribution >= 0.6 is 0 Å². The second-order valence-electron chi connectivity index (χ2n) is 9.42. The number of aromatic nitrogens is 2. The minimum Gasteiger partial charge on any atom is -0.490 e. The first-order chi connectivity index (χ1) is 16.6. The Kier molecular flexibility index (Phi) is 6.90. The number of hydrogen-bond donors (Lipinski definition) is 1. The van der Waals surface area contributed by atoms with Gasteiger partial charge in [0, 0.05) is 17.2 Å². The maximum Gasteiger partial charge on any atom is 0.241 e. The molecule has 7 heteroatoms. The summed E-state index contributed by atoms with van der Waals surface area (Å²) >= 11 is 0. The molecule has 7 nitrogen and oxygen atoms in total. The number of ether oxygens (including phenoxy) is 1. The molecule has 2 heterocycles. The van der Waals surface area contributed by atoms with E-state index in [1.807, 2.05) is 55.5 Å². The molecule has 2 fully saturated rings. The van der Waals surface area contributed by atoms with E-state index in [-0.39, 0.29) is 11.8 Å². The molecular weight excluding hydrogens is 428 g/mol. The molecule has 1 aliphatic carbocycles. The highest BCUT2D eigenvalue weighted by Crippen LogP contribution is 2.26. The van der Waals surface area contributed by atoms with Gasteiger partial charge in [-0.05, 0) is 88.4 Å². The summed E-state index contributed by atoms with van der Waals surface area (Å²) in [6.07, 6.45) is 6.74. The van der Waals surface area contributed by atoms with Crippen molar-refractivity contribution >= 4 is 11.6 Å². The maximum absolute atomic E-state index is 12.8. The van der Waals surface area contributed by atoms with Gasteiger partial charge in [-0.1, -0.05) is 29.4 Å². The molecule has 34 heavy (non-hydrogen) atoms. The first-order valence-corrected chi connectivity index (χ1v) is 12.3. The maximum atomic E-state index is 12.8. The SMILES string of the molecule is Cc1ccccc1-c1noc(CN2CCC(C(=O)Nc3ccc(OC4CCCC4)cc3)CC2)n1. The average Bonchev–Trinajstić information content (AvgIpc) is 3.53. The molecule has 0 bridgehead atoms. The highest BCUT2D eigenvalue weighted by molar-refractivity contribution is 5.92. The highest BCUT2D eigenvalue weighted by Gasteiger charge is 2.26. The van der Waals surface area contributed by atoms with Gasteiger partial charge in [0.15, 0.2) is 0 Å². The quantitative estimate of drug-likeness (QED) is 0.521. The van der Waals surface area contributed by atoms with Crippen LogP contribution in [0.3, 0.4) is 0 Å². The average molecular weight is 461 g/mol. The van der Waals surface area contributed by atoms with E-state index in [0.29, 0.717) is 24.4 Å². The van der Waals surface area contributed by atoms with Gasteiger partial charge in [0.05, 0.1) is 12.6 Å². The summed E-state index contributed by atoms with van der Waals surface area (Å²) in [5, 5.41) is 7.22. The Morgan fingerprint density at radius 1 is 1.06 bits per heavy atom. The number of anilines is 1. The van der Waals surface area contributed by atoms with Crippen LogP contribution in [0.4, 0.5) is 5.69 Å². The summed E-state index contributed by atoms with van der Waals surface area (Å²) in [5.74, 6) is 2.22. The van der Waals surface area contributed by atoms with Crippen LogP contribution in [0.5, 0.6) is 5.75 Å². The lowest BCUT2D eigenvalue weighted by atomic mass is 9.96. The number of nitrogens with zero attached hydrogens (tertiary/aromatic N) is 3. The predicted molar refractivity (Wildman–Crippen MR) is 130 cm³/mol. The summed E-state index contributed by atoms with van der Waals surface area (Å²) in [5.41, 5.74) is 2.93. The molecule has 0 radical (unpaired) electrons. The molecule has 1 aromatic heterocycles. The molecule has 2 aromatic carbocycles. The summed E-state index contributed by atoms with van der Waals surface area (Å²) in [6, 6.07) is 15.8. The zero-order valence-corrected chi connectivity index (χ0v) is 19.7. The van der Waals surface area contributed by atoms with Gasteiger partial charge < -0.3 is 14.6 Å². The minimum absolute atomic E-state index is 0.0101. The van der Waals surface area contributed by atoms with E-state index in [2.05, 4.69) is 20.4 Å². The number of carbonyl (C=O) groups excluding carboxylic acids is 1. The zero-order valence-electron chi connectivity index (χ0n) is 19.7. The third-order valence-corrected chi connectivity index (χ3v) is 6.90. The Morgan fingerprint density at radius 3 is 2.53 bits per heavy atom. The number of hydrogen-bond acceptors (Lipinski definition) is 6. The lowest BCUT2D eigenvalue weighted by Gasteiger charge is -2.30. The second-order valence-corrected chi connectivity index (χ2v) is 9.42. The summed E-state index contributed by atoms with van der Waals surface area (Å²) in [7, 11) is 0. The van der Waals surface area contributed by atoms with Gasteiger partial charge in [-0.3, -0.25) is 9.69 Å². The number of aryl methyl sites for hydroxylation is 1. The van der Waals surface area contributed by atoms with Crippen molar-refractivity contribution in [2.75, 3.05) is 18.4 Å². The molecule has 1 saturated heterocycles. The van der Waals surface area contributed by atoms with Crippen molar-refractivity contribution < 1.29 is 14.1 Å². The van der Waals surface area contributed by atoms with E-state index in [0.717, 1.165) is 61.3 Å². The van der Waals surface area contributed by atoms with Crippen molar-refractivity contribution in [3.8, 4) is 17.1 Å². The van der Waals surface area contributed by atoms with Crippen LogP contribution in [0, 0.1) is 12.8 Å². The van der Waals surface area contributed by atoms with Gasteiger partial charge in [-0.25, -0.2) is 0 Å². The molecule has 0 spiro atoms. The summed E-state index contributed by atoms with van der Waals surface area (Å²) < 4.78 is 11.5. The number of rotatable bonds is 7. The van der Waals surface area contributed by atoms with Crippen molar-refractivity contribution in [1.82, 2.24) is 15.0 Å². The Balaban J connectivity index is 1.09. The van der Waals surface area contributed by atoms with Gasteiger partial charge in [0.25, 0.3) is 0 Å². The van der Waals surface area contributed by atoms with Crippen LogP contribution in [-0.2, 0) is 11.3 Å². The highest BCUT2D eigenvalue weighted by atomic mass is 16.5. The topological polar surface area (TPSA) is 80.5 Å². The Bertz CT molecular complexity index is 1100. The first kappa shape index (κ1) is 22.6. The number of likely N-dealkylation sites (tertiary alicyclic amines) is 1. The van der Waals surface area contributed by atoms with Crippen molar-refractivity contribution in [2.24, 2.45) is 5.92 Å². The largest absolute Gasteiger partial charge is 0.490 e. The third-order valence-electron chi connectivity index (χ3n) is 6.90. The molecule has 178 valence electrons. The van der Waals surface area contributed by atoms with E-state index in [1.54, 1.807) is 0 Å². The van der Waals surface area contributed by atoms with Gasteiger partial charge in [-0.15, -0.1) is 0 Å². The van der Waals surface area contributed by atoms with E-state index >= 15 is 0 Å². The third kappa shape index (κ3) is 5.47. The molecule has 1 amide bonds. The van der Waals surface area contributed by atoms with E-state index in [4.69, 9.17) is 9.26 Å². The monoisotopic (exact) mass is 460 g/mol. The number of benzene rings is 2. The number of amides is 1. The van der Waals surface area contributed by atoms with Gasteiger partial charge in [0.2, 0.25) is 17.6 Å². The van der Waals surface area contributed by atoms with E-state index < -0.39 is 0 Å². The lowest BCUT2D eigenvalue weighted by molar-refractivity contribution is -0.121. The minimum atomic E-state index is 0.0101. The summed E-state index contributed by atoms with van der Waals surface area (Å²) in [6.45, 7) is 4.30. The molecule has 1 saturated carbocycles. The molecule has 1 N–H and O–H groups in total. The Morgan fingerprint density at radius 2 is 1.79 bits per heavy atom. The molecular formula is C27H32N4O3. The molecule has 3 aromatic rings. The number of carbonyl (C=O) groups is 1. The van der Waals surface area contributed by atoms with Crippen LogP contribution in [0.15, 0.2) is 53.1 Å². The van der Waals surface area contributed by atoms with Gasteiger partial charge >= 0.3 is 0 Å². The molecule has 0 unspecified atom stereocenters.